The van der Waals surface area contributed by atoms with E-state index in [-0.39, 0.29) is 29.3 Å². The molecule has 0 spiro atoms. The van der Waals surface area contributed by atoms with E-state index >= 15 is 0 Å². The van der Waals surface area contributed by atoms with Crippen LogP contribution >= 0.6 is 0 Å². The van der Waals surface area contributed by atoms with E-state index in [2.05, 4.69) is 9.97 Å². The van der Waals surface area contributed by atoms with Gasteiger partial charge >= 0.3 is 0 Å². The summed E-state index contributed by atoms with van der Waals surface area (Å²) in [7, 11) is 0. The van der Waals surface area contributed by atoms with E-state index in [1.54, 1.807) is 17.0 Å². The smallest absolute Gasteiger partial charge is 0.274 e. The van der Waals surface area contributed by atoms with E-state index in [4.69, 9.17) is 10.5 Å². The van der Waals surface area contributed by atoms with Gasteiger partial charge in [-0.2, -0.15) is 0 Å². The first-order chi connectivity index (χ1) is 11.4. The largest absolute Gasteiger partial charge is 0.382 e. The number of rotatable bonds is 2. The van der Waals surface area contributed by atoms with Crippen LogP contribution in [-0.4, -0.2) is 39.5 Å². The van der Waals surface area contributed by atoms with Gasteiger partial charge < -0.3 is 15.4 Å². The van der Waals surface area contributed by atoms with Crippen molar-refractivity contribution in [2.45, 2.75) is 25.5 Å². The van der Waals surface area contributed by atoms with Gasteiger partial charge in [-0.15, -0.1) is 0 Å². The molecule has 3 rings (SSSR count). The fourth-order valence-electron chi connectivity index (χ4n) is 2.70. The molecule has 0 saturated carbocycles. The molecule has 24 heavy (non-hydrogen) atoms. The quantitative estimate of drug-likeness (QED) is 0.913. The van der Waals surface area contributed by atoms with Crippen molar-refractivity contribution in [3.63, 3.8) is 0 Å². The molecule has 7 heteroatoms. The summed E-state index contributed by atoms with van der Waals surface area (Å²) in [6, 6.07) is 6.22. The van der Waals surface area contributed by atoms with Crippen molar-refractivity contribution in [3.05, 3.63) is 53.7 Å². The molecule has 2 aromatic rings. The van der Waals surface area contributed by atoms with Crippen molar-refractivity contribution in [3.8, 4) is 0 Å². The number of hydrogen-bond acceptors (Lipinski definition) is 5. The number of benzene rings is 1. The number of ether oxygens (including phenoxy) is 1. The van der Waals surface area contributed by atoms with E-state index in [0.29, 0.717) is 18.7 Å². The third-order valence-electron chi connectivity index (χ3n) is 4.07. The predicted octanol–water partition coefficient (Wildman–Crippen LogP) is 2.19. The van der Waals surface area contributed by atoms with Gasteiger partial charge in [-0.05, 0) is 31.5 Å². The number of anilines is 1. The first-order valence-electron chi connectivity index (χ1n) is 7.63. The van der Waals surface area contributed by atoms with Crippen LogP contribution in [0.2, 0.25) is 0 Å². The van der Waals surface area contributed by atoms with Crippen LogP contribution in [0, 0.1) is 5.82 Å². The molecule has 1 aromatic carbocycles. The Kier molecular flexibility index (Phi) is 4.19. The van der Waals surface area contributed by atoms with Crippen LogP contribution in [0.1, 0.15) is 36.0 Å². The first-order valence-corrected chi connectivity index (χ1v) is 7.63. The van der Waals surface area contributed by atoms with Crippen LogP contribution < -0.4 is 5.73 Å². The summed E-state index contributed by atoms with van der Waals surface area (Å²) in [5.41, 5.74) is 5.93. The van der Waals surface area contributed by atoms with Gasteiger partial charge in [-0.1, -0.05) is 12.1 Å². The van der Waals surface area contributed by atoms with Crippen LogP contribution in [0.5, 0.6) is 0 Å². The Morgan fingerprint density at radius 2 is 2.17 bits per heavy atom. The molecule has 1 aliphatic heterocycles. The maximum atomic E-state index is 13.5. The number of nitrogens with zero attached hydrogens (tertiary/aromatic N) is 3. The van der Waals surface area contributed by atoms with E-state index < -0.39 is 5.54 Å². The molecule has 0 bridgehead atoms. The van der Waals surface area contributed by atoms with Crippen molar-refractivity contribution in [1.82, 2.24) is 14.9 Å². The number of aromatic nitrogens is 2. The second-order valence-corrected chi connectivity index (χ2v) is 6.41. The maximum Gasteiger partial charge on any atom is 0.274 e. The second kappa shape index (κ2) is 6.16. The van der Waals surface area contributed by atoms with Crippen LogP contribution in [0.4, 0.5) is 10.2 Å². The molecule has 1 aromatic heterocycles. The highest BCUT2D eigenvalue weighted by molar-refractivity contribution is 5.92. The molecule has 1 atom stereocenters. The fraction of sp³-hybridized carbons (Fsp3) is 0.353. The number of hydrogen-bond donors (Lipinski definition) is 1. The number of morpholine rings is 1. The Hall–Kier alpha value is -2.54. The zero-order valence-electron chi connectivity index (χ0n) is 13.6. The summed E-state index contributed by atoms with van der Waals surface area (Å²) in [5, 5.41) is 0. The number of halogens is 1. The molecule has 1 saturated heterocycles. The van der Waals surface area contributed by atoms with Gasteiger partial charge in [0.1, 0.15) is 23.4 Å². The van der Waals surface area contributed by atoms with E-state index in [1.165, 1.54) is 24.5 Å². The van der Waals surface area contributed by atoms with Gasteiger partial charge in [0.2, 0.25) is 0 Å². The lowest BCUT2D eigenvalue weighted by atomic mass is 9.97. The minimum absolute atomic E-state index is 0.220. The molecule has 6 nitrogen and oxygen atoms in total. The highest BCUT2D eigenvalue weighted by Crippen LogP contribution is 2.31. The summed E-state index contributed by atoms with van der Waals surface area (Å²) in [6.07, 6.45) is 2.32. The lowest BCUT2D eigenvalue weighted by Crippen LogP contribution is -2.56. The van der Waals surface area contributed by atoms with Crippen LogP contribution in [0.3, 0.4) is 0 Å². The average Bonchev–Trinajstić information content (AvgIpc) is 2.55. The van der Waals surface area contributed by atoms with Gasteiger partial charge in [0, 0.05) is 0 Å². The van der Waals surface area contributed by atoms with Crippen molar-refractivity contribution < 1.29 is 13.9 Å². The zero-order chi connectivity index (χ0) is 17.3. The molecule has 1 fully saturated rings. The number of amides is 1. The average molecular weight is 330 g/mol. The molecule has 0 aliphatic carbocycles. The monoisotopic (exact) mass is 330 g/mol. The Morgan fingerprint density at radius 3 is 2.83 bits per heavy atom. The summed E-state index contributed by atoms with van der Waals surface area (Å²) in [4.78, 5) is 22.5. The predicted molar refractivity (Wildman–Crippen MR) is 86.7 cm³/mol. The Bertz CT molecular complexity index is 749. The number of carbonyl (C=O) groups excluding carboxylic acids is 1. The molecule has 1 aliphatic rings. The lowest BCUT2D eigenvalue weighted by Gasteiger charge is -2.45. The number of carbonyl (C=O) groups is 1. The second-order valence-electron chi connectivity index (χ2n) is 6.41. The standard InChI is InChI=1S/C17H19FN4O2/c1-17(2)10-24-14(11-4-3-5-12(18)6-11)9-22(17)16(23)13-7-21-15(19)8-20-13/h3-8,14H,9-10H2,1-2H3,(H2,19,21). The first kappa shape index (κ1) is 16.3. The van der Waals surface area contributed by atoms with Crippen LogP contribution in [0.25, 0.3) is 0 Å². The summed E-state index contributed by atoms with van der Waals surface area (Å²) in [5.74, 6) is -0.328. The number of nitrogens with two attached hydrogens (primary N) is 1. The summed E-state index contributed by atoms with van der Waals surface area (Å²) < 4.78 is 19.3. The van der Waals surface area contributed by atoms with Crippen LogP contribution in [-0.2, 0) is 4.74 Å². The highest BCUT2D eigenvalue weighted by Gasteiger charge is 2.39. The molecular weight excluding hydrogens is 311 g/mol. The fourth-order valence-corrected chi connectivity index (χ4v) is 2.70. The Balaban J connectivity index is 1.86. The summed E-state index contributed by atoms with van der Waals surface area (Å²) in [6.45, 7) is 4.47. The molecule has 126 valence electrons. The molecule has 2 N–H and O–H groups in total. The molecule has 2 heterocycles. The van der Waals surface area contributed by atoms with Crippen molar-refractivity contribution in [2.24, 2.45) is 0 Å². The summed E-state index contributed by atoms with van der Waals surface area (Å²) >= 11 is 0. The SMILES string of the molecule is CC1(C)COC(c2cccc(F)c2)CN1C(=O)c1cnc(N)cn1. The van der Waals surface area contributed by atoms with Crippen molar-refractivity contribution in [2.75, 3.05) is 18.9 Å². The normalized spacial score (nSPS) is 20.0. The van der Waals surface area contributed by atoms with Crippen molar-refractivity contribution >= 4 is 11.7 Å². The topological polar surface area (TPSA) is 81.3 Å². The minimum Gasteiger partial charge on any atom is -0.382 e. The minimum atomic E-state index is -0.510. The third kappa shape index (κ3) is 3.21. The highest BCUT2D eigenvalue weighted by atomic mass is 19.1. The third-order valence-corrected chi connectivity index (χ3v) is 4.07. The molecule has 0 radical (unpaired) electrons. The van der Waals surface area contributed by atoms with Gasteiger partial charge in [0.05, 0.1) is 31.1 Å². The van der Waals surface area contributed by atoms with E-state index in [9.17, 15) is 9.18 Å². The Labute approximate surface area is 139 Å². The zero-order valence-corrected chi connectivity index (χ0v) is 13.6. The van der Waals surface area contributed by atoms with Crippen LogP contribution in [0.15, 0.2) is 36.7 Å². The van der Waals surface area contributed by atoms with Gasteiger partial charge in [0.25, 0.3) is 5.91 Å². The van der Waals surface area contributed by atoms with Gasteiger partial charge in [-0.25, -0.2) is 14.4 Å². The Morgan fingerprint density at radius 1 is 1.38 bits per heavy atom. The van der Waals surface area contributed by atoms with Gasteiger partial charge in [0.15, 0.2) is 0 Å². The maximum absolute atomic E-state index is 13.5. The molecule has 1 amide bonds. The van der Waals surface area contributed by atoms with Gasteiger partial charge in [-0.3, -0.25) is 4.79 Å². The molecular formula is C17H19FN4O2. The van der Waals surface area contributed by atoms with E-state index in [0.717, 1.165) is 0 Å². The van der Waals surface area contributed by atoms with E-state index in [1.807, 2.05) is 13.8 Å². The lowest BCUT2D eigenvalue weighted by molar-refractivity contribution is -0.0849. The molecule has 1 unspecified atom stereocenters. The van der Waals surface area contributed by atoms with Crippen molar-refractivity contribution in [1.29, 1.82) is 0 Å². The number of nitrogen functional groups attached to an aromatic ring is 1.